The Morgan fingerprint density at radius 1 is 1.24 bits per heavy atom. The lowest BCUT2D eigenvalue weighted by Gasteiger charge is -2.01. The molecule has 0 spiro atoms. The summed E-state index contributed by atoms with van der Waals surface area (Å²) >= 11 is 0. The van der Waals surface area contributed by atoms with Gasteiger partial charge in [-0.2, -0.15) is 5.10 Å². The first-order valence-corrected chi connectivity index (χ1v) is 6.66. The largest absolute Gasteiger partial charge is 0.465 e. The summed E-state index contributed by atoms with van der Waals surface area (Å²) in [6, 6.07) is 7.67. The molecule has 2 aromatic heterocycles. The van der Waals surface area contributed by atoms with E-state index in [1.807, 2.05) is 24.3 Å². The van der Waals surface area contributed by atoms with Crippen LogP contribution in [0.2, 0.25) is 0 Å². The van der Waals surface area contributed by atoms with Crippen molar-refractivity contribution in [2.45, 2.75) is 13.5 Å². The first-order valence-electron chi connectivity index (χ1n) is 6.66. The van der Waals surface area contributed by atoms with Crippen LogP contribution in [0.3, 0.4) is 0 Å². The number of fused-ring (bicyclic) bond motifs is 1. The molecule has 0 aliphatic rings. The second-order valence-electron chi connectivity index (χ2n) is 4.48. The number of aromatic nitrogens is 4. The molecule has 106 valence electrons. The molecule has 0 saturated carbocycles. The van der Waals surface area contributed by atoms with Crippen LogP contribution in [0.1, 0.15) is 6.92 Å². The number of benzene rings is 1. The van der Waals surface area contributed by atoms with E-state index in [1.54, 1.807) is 25.5 Å². The quantitative estimate of drug-likeness (QED) is 0.685. The Bertz CT molecular complexity index is 782. The molecule has 0 atom stereocenters. The molecule has 0 unspecified atom stereocenters. The molecule has 0 amide bonds. The predicted octanol–water partition coefficient (Wildman–Crippen LogP) is 2.06. The van der Waals surface area contributed by atoms with Gasteiger partial charge in [0.1, 0.15) is 6.54 Å². The summed E-state index contributed by atoms with van der Waals surface area (Å²) < 4.78 is 6.42. The lowest BCUT2D eigenvalue weighted by molar-refractivity contribution is -0.144. The highest BCUT2D eigenvalue weighted by Gasteiger charge is 2.08. The van der Waals surface area contributed by atoms with E-state index in [-0.39, 0.29) is 12.5 Å². The minimum Gasteiger partial charge on any atom is -0.465 e. The molecule has 0 bridgehead atoms. The SMILES string of the molecule is CCOC(=O)Cn1cc(-c2cnc3ccccc3n2)cn1. The lowest BCUT2D eigenvalue weighted by Crippen LogP contribution is -2.13. The monoisotopic (exact) mass is 282 g/mol. The van der Waals surface area contributed by atoms with Gasteiger partial charge in [-0.15, -0.1) is 0 Å². The number of nitrogens with zero attached hydrogens (tertiary/aromatic N) is 4. The summed E-state index contributed by atoms with van der Waals surface area (Å²) in [5.41, 5.74) is 3.22. The van der Waals surface area contributed by atoms with Gasteiger partial charge in [0.15, 0.2) is 0 Å². The Balaban J connectivity index is 1.85. The molecule has 0 saturated heterocycles. The van der Waals surface area contributed by atoms with E-state index in [1.165, 1.54) is 4.68 Å². The van der Waals surface area contributed by atoms with Crippen LogP contribution >= 0.6 is 0 Å². The Hall–Kier alpha value is -2.76. The molecule has 0 radical (unpaired) electrons. The molecule has 0 N–H and O–H groups in total. The predicted molar refractivity (Wildman–Crippen MR) is 77.4 cm³/mol. The summed E-state index contributed by atoms with van der Waals surface area (Å²) in [5, 5.41) is 4.14. The summed E-state index contributed by atoms with van der Waals surface area (Å²) in [6.45, 7) is 2.23. The average Bonchev–Trinajstić information content (AvgIpc) is 2.95. The highest BCUT2D eigenvalue weighted by Crippen LogP contribution is 2.18. The highest BCUT2D eigenvalue weighted by atomic mass is 16.5. The molecular weight excluding hydrogens is 268 g/mol. The second-order valence-corrected chi connectivity index (χ2v) is 4.48. The highest BCUT2D eigenvalue weighted by molar-refractivity contribution is 5.76. The Morgan fingerprint density at radius 2 is 2.05 bits per heavy atom. The summed E-state index contributed by atoms with van der Waals surface area (Å²) in [6.07, 6.45) is 5.13. The van der Waals surface area contributed by atoms with Gasteiger partial charge >= 0.3 is 5.97 Å². The summed E-state index contributed by atoms with van der Waals surface area (Å²) in [7, 11) is 0. The van der Waals surface area contributed by atoms with Crippen molar-refractivity contribution < 1.29 is 9.53 Å². The number of carbonyl (C=O) groups is 1. The van der Waals surface area contributed by atoms with Gasteiger partial charge in [0, 0.05) is 11.8 Å². The molecule has 0 fully saturated rings. The third-order valence-electron chi connectivity index (χ3n) is 2.97. The summed E-state index contributed by atoms with van der Waals surface area (Å²) in [5.74, 6) is -0.309. The topological polar surface area (TPSA) is 69.9 Å². The zero-order valence-corrected chi connectivity index (χ0v) is 11.6. The van der Waals surface area contributed by atoms with Crippen LogP contribution in [-0.2, 0) is 16.1 Å². The molecule has 21 heavy (non-hydrogen) atoms. The molecule has 3 rings (SSSR count). The smallest absolute Gasteiger partial charge is 0.327 e. The lowest BCUT2D eigenvalue weighted by atomic mass is 10.2. The van der Waals surface area contributed by atoms with Crippen molar-refractivity contribution >= 4 is 17.0 Å². The number of hydrogen-bond donors (Lipinski definition) is 0. The van der Waals surface area contributed by atoms with Crippen molar-refractivity contribution in [3.63, 3.8) is 0 Å². The van der Waals surface area contributed by atoms with Crippen molar-refractivity contribution in [2.75, 3.05) is 6.61 Å². The number of para-hydroxylation sites is 2. The fraction of sp³-hybridized carbons (Fsp3) is 0.200. The molecule has 6 nitrogen and oxygen atoms in total. The third-order valence-corrected chi connectivity index (χ3v) is 2.97. The number of rotatable bonds is 4. The van der Waals surface area contributed by atoms with E-state index < -0.39 is 0 Å². The van der Waals surface area contributed by atoms with Crippen LogP contribution in [0.15, 0.2) is 42.9 Å². The van der Waals surface area contributed by atoms with Gasteiger partial charge in [-0.3, -0.25) is 14.5 Å². The number of hydrogen-bond acceptors (Lipinski definition) is 5. The van der Waals surface area contributed by atoms with Crippen LogP contribution < -0.4 is 0 Å². The van der Waals surface area contributed by atoms with Gasteiger partial charge in [-0.05, 0) is 19.1 Å². The van der Waals surface area contributed by atoms with Crippen LogP contribution in [0.25, 0.3) is 22.3 Å². The van der Waals surface area contributed by atoms with Gasteiger partial charge in [0.05, 0.1) is 35.7 Å². The Morgan fingerprint density at radius 3 is 2.86 bits per heavy atom. The van der Waals surface area contributed by atoms with E-state index in [0.717, 1.165) is 22.3 Å². The number of ether oxygens (including phenoxy) is 1. The molecule has 0 aliphatic carbocycles. The fourth-order valence-corrected chi connectivity index (χ4v) is 2.02. The maximum atomic E-state index is 11.4. The summed E-state index contributed by atoms with van der Waals surface area (Å²) in [4.78, 5) is 20.3. The van der Waals surface area contributed by atoms with Gasteiger partial charge in [0.2, 0.25) is 0 Å². The van der Waals surface area contributed by atoms with Gasteiger partial charge in [0.25, 0.3) is 0 Å². The maximum Gasteiger partial charge on any atom is 0.327 e. The van der Waals surface area contributed by atoms with Gasteiger partial charge < -0.3 is 4.74 Å². The third kappa shape index (κ3) is 2.89. The van der Waals surface area contributed by atoms with Crippen LogP contribution in [-0.4, -0.2) is 32.3 Å². The standard InChI is InChI=1S/C15H14N4O2/c1-2-21-15(20)10-19-9-11(7-17-19)14-8-16-12-5-3-4-6-13(12)18-14/h3-9H,2,10H2,1H3. The average molecular weight is 282 g/mol. The minimum atomic E-state index is -0.309. The number of esters is 1. The van der Waals surface area contributed by atoms with E-state index in [4.69, 9.17) is 4.74 Å². The normalized spacial score (nSPS) is 10.7. The van der Waals surface area contributed by atoms with E-state index in [9.17, 15) is 4.79 Å². The zero-order valence-electron chi connectivity index (χ0n) is 11.6. The van der Waals surface area contributed by atoms with Gasteiger partial charge in [-0.1, -0.05) is 12.1 Å². The number of carbonyl (C=O) groups excluding carboxylic acids is 1. The van der Waals surface area contributed by atoms with Crippen molar-refractivity contribution in [1.82, 2.24) is 19.7 Å². The van der Waals surface area contributed by atoms with Crippen molar-refractivity contribution in [1.29, 1.82) is 0 Å². The molecule has 1 aromatic carbocycles. The minimum absolute atomic E-state index is 0.0921. The van der Waals surface area contributed by atoms with Gasteiger partial charge in [-0.25, -0.2) is 4.98 Å². The maximum absolute atomic E-state index is 11.4. The molecule has 3 aromatic rings. The van der Waals surface area contributed by atoms with E-state index >= 15 is 0 Å². The molecule has 6 heteroatoms. The fourth-order valence-electron chi connectivity index (χ4n) is 2.02. The Labute approximate surface area is 121 Å². The van der Waals surface area contributed by atoms with Crippen molar-refractivity contribution in [3.05, 3.63) is 42.9 Å². The molecular formula is C15H14N4O2. The first kappa shape index (κ1) is 13.2. The zero-order chi connectivity index (χ0) is 14.7. The van der Waals surface area contributed by atoms with Crippen molar-refractivity contribution in [3.8, 4) is 11.3 Å². The van der Waals surface area contributed by atoms with Crippen LogP contribution in [0, 0.1) is 0 Å². The Kier molecular flexibility index (Phi) is 3.59. The van der Waals surface area contributed by atoms with Crippen molar-refractivity contribution in [2.24, 2.45) is 0 Å². The molecule has 2 heterocycles. The van der Waals surface area contributed by atoms with Crippen LogP contribution in [0.4, 0.5) is 0 Å². The second kappa shape index (κ2) is 5.70. The molecule has 0 aliphatic heterocycles. The van der Waals surface area contributed by atoms with Crippen LogP contribution in [0.5, 0.6) is 0 Å². The van der Waals surface area contributed by atoms with E-state index in [2.05, 4.69) is 15.1 Å². The van der Waals surface area contributed by atoms with E-state index in [0.29, 0.717) is 6.61 Å². The first-order chi connectivity index (χ1) is 10.3.